The molecule has 0 atom stereocenters. The van der Waals surface area contributed by atoms with Gasteiger partial charge in [0.15, 0.2) is 11.4 Å². The van der Waals surface area contributed by atoms with Crippen molar-refractivity contribution in [3.8, 4) is 39.9 Å². The van der Waals surface area contributed by atoms with Crippen LogP contribution in [-0.4, -0.2) is 98.9 Å². The lowest BCUT2D eigenvalue weighted by Crippen LogP contribution is -2.33. The van der Waals surface area contributed by atoms with Crippen LogP contribution in [0.4, 0.5) is 0 Å². The van der Waals surface area contributed by atoms with Gasteiger partial charge in [-0.3, -0.25) is 9.59 Å². The maximum atomic E-state index is 12.5. The molecule has 5 heterocycles. The lowest BCUT2D eigenvalue weighted by atomic mass is 10.1. The van der Waals surface area contributed by atoms with Gasteiger partial charge in [-0.15, -0.1) is 5.10 Å². The van der Waals surface area contributed by atoms with E-state index in [4.69, 9.17) is 8.83 Å². The molecule has 2 amide bonds. The molecule has 48 heavy (non-hydrogen) atoms. The van der Waals surface area contributed by atoms with Crippen molar-refractivity contribution in [2.75, 3.05) is 52.4 Å². The van der Waals surface area contributed by atoms with Crippen molar-refractivity contribution >= 4 is 11.8 Å². The van der Waals surface area contributed by atoms with Crippen LogP contribution < -0.4 is 10.6 Å². The summed E-state index contributed by atoms with van der Waals surface area (Å²) in [7, 11) is 0. The Morgan fingerprint density at radius 2 is 1.19 bits per heavy atom. The number of hydrogen-bond acceptors (Lipinski definition) is 10. The molecule has 248 valence electrons. The van der Waals surface area contributed by atoms with Gasteiger partial charge in [-0.05, 0) is 101 Å². The Balaban J connectivity index is 0.917. The summed E-state index contributed by atoms with van der Waals surface area (Å²) in [6.07, 6.45) is 10.5. The van der Waals surface area contributed by atoms with E-state index in [1.807, 2.05) is 54.7 Å². The lowest BCUT2D eigenvalue weighted by Gasteiger charge is -2.14. The molecule has 0 saturated carbocycles. The molecule has 2 fully saturated rings. The zero-order chi connectivity index (χ0) is 32.7. The van der Waals surface area contributed by atoms with Crippen LogP contribution in [0.3, 0.4) is 0 Å². The number of rotatable bonds is 13. The molecule has 0 bridgehead atoms. The first-order chi connectivity index (χ1) is 23.6. The SMILES string of the molecule is O=C(NCCCN1CCCC1)c1coc(-c2ccc(-c3cn(-c4ccc(-c5nc(C(=O)NCCN6CCCC6)co5)cc4)nn3)cc2)n1. The van der Waals surface area contributed by atoms with Crippen molar-refractivity contribution < 1.29 is 18.4 Å². The Morgan fingerprint density at radius 3 is 1.79 bits per heavy atom. The molecule has 2 aliphatic heterocycles. The fourth-order valence-corrected chi connectivity index (χ4v) is 6.11. The first kappa shape index (κ1) is 31.5. The number of aromatic nitrogens is 5. The van der Waals surface area contributed by atoms with E-state index in [1.54, 1.807) is 4.68 Å². The van der Waals surface area contributed by atoms with Crippen LogP contribution in [0.5, 0.6) is 0 Å². The van der Waals surface area contributed by atoms with E-state index in [2.05, 4.69) is 40.7 Å². The number of nitrogens with zero attached hydrogens (tertiary/aromatic N) is 7. The van der Waals surface area contributed by atoms with Gasteiger partial charge in [-0.2, -0.15) is 0 Å². The number of hydrogen-bond donors (Lipinski definition) is 2. The summed E-state index contributed by atoms with van der Waals surface area (Å²) in [5.74, 6) is 0.278. The van der Waals surface area contributed by atoms with Crippen LogP contribution in [0.15, 0.2) is 76.1 Å². The highest BCUT2D eigenvalue weighted by Gasteiger charge is 2.17. The Bertz CT molecular complexity index is 1810. The normalized spacial score (nSPS) is 15.2. The van der Waals surface area contributed by atoms with E-state index >= 15 is 0 Å². The van der Waals surface area contributed by atoms with Crippen molar-refractivity contribution in [2.24, 2.45) is 0 Å². The predicted molar refractivity (Wildman–Crippen MR) is 178 cm³/mol. The number of oxazole rings is 2. The Morgan fingerprint density at radius 1 is 0.667 bits per heavy atom. The van der Waals surface area contributed by atoms with Gasteiger partial charge in [0.25, 0.3) is 11.8 Å². The van der Waals surface area contributed by atoms with E-state index in [0.29, 0.717) is 30.6 Å². The van der Waals surface area contributed by atoms with E-state index in [-0.39, 0.29) is 23.2 Å². The summed E-state index contributed by atoms with van der Waals surface area (Å²) in [4.78, 5) is 38.6. The Labute approximate surface area is 278 Å². The van der Waals surface area contributed by atoms with Gasteiger partial charge in [0.2, 0.25) is 11.8 Å². The van der Waals surface area contributed by atoms with Crippen LogP contribution in [0.25, 0.3) is 39.9 Å². The van der Waals surface area contributed by atoms with Gasteiger partial charge < -0.3 is 29.3 Å². The Kier molecular flexibility index (Phi) is 9.66. The molecule has 0 radical (unpaired) electrons. The second kappa shape index (κ2) is 14.7. The smallest absolute Gasteiger partial charge is 0.273 e. The Hall–Kier alpha value is -5.14. The summed E-state index contributed by atoms with van der Waals surface area (Å²) in [5.41, 5.74) is 4.40. The first-order valence-electron chi connectivity index (χ1n) is 16.7. The third kappa shape index (κ3) is 7.53. The molecule has 0 aliphatic carbocycles. The third-order valence-electron chi connectivity index (χ3n) is 8.82. The maximum Gasteiger partial charge on any atom is 0.273 e. The van der Waals surface area contributed by atoms with Crippen LogP contribution in [0.1, 0.15) is 53.1 Å². The molecule has 2 N–H and O–H groups in total. The fraction of sp³-hybridized carbons (Fsp3) is 0.371. The highest BCUT2D eigenvalue weighted by molar-refractivity contribution is 5.92. The molecule has 7 rings (SSSR count). The molecular weight excluding hydrogens is 610 g/mol. The quantitative estimate of drug-likeness (QED) is 0.177. The zero-order valence-electron chi connectivity index (χ0n) is 26.8. The highest BCUT2D eigenvalue weighted by Crippen LogP contribution is 2.25. The van der Waals surface area contributed by atoms with Gasteiger partial charge in [-0.1, -0.05) is 17.3 Å². The molecule has 2 aliphatic rings. The summed E-state index contributed by atoms with van der Waals surface area (Å²) in [6.45, 7) is 7.54. The van der Waals surface area contributed by atoms with Gasteiger partial charge in [-0.25, -0.2) is 14.6 Å². The monoisotopic (exact) mass is 649 g/mol. The standard InChI is InChI=1S/C35H39N9O4/c45-32(36-14-5-20-42-16-1-2-17-42)30-23-47-34(38-30)26-8-6-25(7-9-26)29-22-44(41-40-29)28-12-10-27(11-13-28)35-39-31(24-48-35)33(46)37-15-21-43-18-3-4-19-43/h6-13,22-24H,1-5,14-21H2,(H,36,45)(H,37,46). The van der Waals surface area contributed by atoms with Crippen LogP contribution >= 0.6 is 0 Å². The van der Waals surface area contributed by atoms with Crippen molar-refractivity contribution in [3.63, 3.8) is 0 Å². The second-order valence-electron chi connectivity index (χ2n) is 12.2. The van der Waals surface area contributed by atoms with Crippen molar-refractivity contribution in [2.45, 2.75) is 32.1 Å². The van der Waals surface area contributed by atoms with Crippen LogP contribution in [0.2, 0.25) is 0 Å². The summed E-state index contributed by atoms with van der Waals surface area (Å²) < 4.78 is 12.9. The topological polar surface area (TPSA) is 147 Å². The van der Waals surface area contributed by atoms with E-state index in [9.17, 15) is 9.59 Å². The minimum atomic E-state index is -0.240. The average molecular weight is 650 g/mol. The minimum absolute atomic E-state index is 0.233. The first-order valence-corrected chi connectivity index (χ1v) is 16.7. The lowest BCUT2D eigenvalue weighted by molar-refractivity contribution is 0.0937. The molecule has 13 heteroatoms. The average Bonchev–Trinajstić information content (AvgIpc) is 3.97. The largest absolute Gasteiger partial charge is 0.444 e. The predicted octanol–water partition coefficient (Wildman–Crippen LogP) is 4.29. The zero-order valence-corrected chi connectivity index (χ0v) is 26.8. The van der Waals surface area contributed by atoms with E-state index < -0.39 is 0 Å². The van der Waals surface area contributed by atoms with Crippen molar-refractivity contribution in [1.29, 1.82) is 0 Å². The van der Waals surface area contributed by atoms with Crippen molar-refractivity contribution in [1.82, 2.24) is 45.4 Å². The van der Waals surface area contributed by atoms with E-state index in [0.717, 1.165) is 68.1 Å². The van der Waals surface area contributed by atoms with Gasteiger partial charge in [0, 0.05) is 36.3 Å². The number of likely N-dealkylation sites (tertiary alicyclic amines) is 2. The molecule has 5 aromatic rings. The summed E-state index contributed by atoms with van der Waals surface area (Å²) in [5, 5.41) is 14.5. The molecular formula is C35H39N9O4. The molecule has 3 aromatic heterocycles. The molecule has 13 nitrogen and oxygen atoms in total. The van der Waals surface area contributed by atoms with Crippen molar-refractivity contribution in [3.05, 3.63) is 78.6 Å². The van der Waals surface area contributed by atoms with E-state index in [1.165, 1.54) is 38.2 Å². The van der Waals surface area contributed by atoms with Crippen LogP contribution in [-0.2, 0) is 0 Å². The van der Waals surface area contributed by atoms with Crippen LogP contribution in [0, 0.1) is 0 Å². The molecule has 0 unspecified atom stereocenters. The third-order valence-corrected chi connectivity index (χ3v) is 8.82. The molecule has 0 spiro atoms. The second-order valence-corrected chi connectivity index (χ2v) is 12.2. The summed E-state index contributed by atoms with van der Waals surface area (Å²) in [6, 6.07) is 15.1. The molecule has 2 saturated heterocycles. The maximum absolute atomic E-state index is 12.5. The van der Waals surface area contributed by atoms with Gasteiger partial charge >= 0.3 is 0 Å². The fourth-order valence-electron chi connectivity index (χ4n) is 6.11. The number of carbonyl (C=O) groups excluding carboxylic acids is 2. The number of amides is 2. The van der Waals surface area contributed by atoms with Gasteiger partial charge in [0.1, 0.15) is 18.2 Å². The summed E-state index contributed by atoms with van der Waals surface area (Å²) >= 11 is 0. The number of benzene rings is 2. The number of nitrogens with one attached hydrogen (secondary N) is 2. The van der Waals surface area contributed by atoms with Gasteiger partial charge in [0.05, 0.1) is 11.9 Å². The minimum Gasteiger partial charge on any atom is -0.444 e. The number of carbonyl (C=O) groups is 2. The molecule has 2 aromatic carbocycles. The highest BCUT2D eigenvalue weighted by atomic mass is 16.3.